The van der Waals surface area contributed by atoms with E-state index in [0.29, 0.717) is 18.8 Å². The number of aliphatic carboxylic acids is 1. The normalized spacial score (nSPS) is 24.0. The minimum Gasteiger partial charge on any atom is -0.481 e. The number of carbonyl (C=O) groups excluding carboxylic acids is 1. The summed E-state index contributed by atoms with van der Waals surface area (Å²) >= 11 is 0. The average molecular weight is 324 g/mol. The molecule has 132 valence electrons. The number of hydrogen-bond acceptors (Lipinski definition) is 3. The zero-order chi connectivity index (χ0) is 17.6. The van der Waals surface area contributed by atoms with Crippen molar-refractivity contribution >= 4 is 11.9 Å². The van der Waals surface area contributed by atoms with Crippen LogP contribution in [-0.2, 0) is 14.3 Å². The van der Waals surface area contributed by atoms with Gasteiger partial charge < -0.3 is 9.84 Å². The van der Waals surface area contributed by atoms with Crippen molar-refractivity contribution in [1.82, 2.24) is 0 Å². The molecule has 1 aliphatic carbocycles. The molecular weight excluding hydrogens is 292 g/mol. The van der Waals surface area contributed by atoms with Gasteiger partial charge in [-0.3, -0.25) is 9.59 Å². The molecular formula is C19H32O4. The van der Waals surface area contributed by atoms with Gasteiger partial charge in [-0.05, 0) is 43.4 Å². The standard InChI is InChI=1S/C19H32O4/c1-6-14(11-13(2)12-19(3,4)5)23-18(22)16-10-8-7-9-15(16)17(20)21/h7-8,13-16H,6,9-12H2,1-5H3,(H,20,21). The van der Waals surface area contributed by atoms with E-state index in [1.807, 2.05) is 19.1 Å². The Bertz CT molecular complexity index is 433. The van der Waals surface area contributed by atoms with Crippen molar-refractivity contribution < 1.29 is 19.4 Å². The second kappa shape index (κ2) is 8.51. The number of esters is 1. The minimum atomic E-state index is -0.912. The van der Waals surface area contributed by atoms with Gasteiger partial charge in [0, 0.05) is 0 Å². The van der Waals surface area contributed by atoms with E-state index >= 15 is 0 Å². The van der Waals surface area contributed by atoms with E-state index in [4.69, 9.17) is 4.74 Å². The van der Waals surface area contributed by atoms with E-state index in [9.17, 15) is 14.7 Å². The smallest absolute Gasteiger partial charge is 0.310 e. The van der Waals surface area contributed by atoms with Crippen molar-refractivity contribution in [3.8, 4) is 0 Å². The molecule has 0 bridgehead atoms. The highest BCUT2D eigenvalue weighted by molar-refractivity contribution is 5.81. The quantitative estimate of drug-likeness (QED) is 0.555. The molecule has 0 spiro atoms. The molecule has 1 aliphatic rings. The largest absolute Gasteiger partial charge is 0.481 e. The molecule has 0 radical (unpaired) electrons. The van der Waals surface area contributed by atoms with Gasteiger partial charge in [-0.1, -0.05) is 46.8 Å². The van der Waals surface area contributed by atoms with Gasteiger partial charge in [0.25, 0.3) is 0 Å². The first kappa shape index (κ1) is 19.7. The van der Waals surface area contributed by atoms with Crippen molar-refractivity contribution in [2.24, 2.45) is 23.2 Å². The van der Waals surface area contributed by atoms with Crippen LogP contribution >= 0.6 is 0 Å². The summed E-state index contributed by atoms with van der Waals surface area (Å²) in [6.07, 6.45) is 7.14. The molecule has 0 saturated heterocycles. The Morgan fingerprint density at radius 3 is 2.26 bits per heavy atom. The highest BCUT2D eigenvalue weighted by Gasteiger charge is 2.36. The van der Waals surface area contributed by atoms with Crippen LogP contribution in [0, 0.1) is 23.2 Å². The van der Waals surface area contributed by atoms with Crippen LogP contribution in [0.5, 0.6) is 0 Å². The second-order valence-corrected chi connectivity index (χ2v) is 8.07. The fourth-order valence-corrected chi connectivity index (χ4v) is 3.47. The molecule has 1 rings (SSSR count). The van der Waals surface area contributed by atoms with E-state index in [2.05, 4.69) is 27.7 Å². The summed E-state index contributed by atoms with van der Waals surface area (Å²) in [7, 11) is 0. The van der Waals surface area contributed by atoms with Crippen molar-refractivity contribution in [3.63, 3.8) is 0 Å². The van der Waals surface area contributed by atoms with Crippen LogP contribution in [0.2, 0.25) is 0 Å². The molecule has 1 N–H and O–H groups in total. The number of carboxylic acids is 1. The highest BCUT2D eigenvalue weighted by atomic mass is 16.5. The first-order valence-electron chi connectivity index (χ1n) is 8.72. The minimum absolute atomic E-state index is 0.125. The molecule has 0 amide bonds. The first-order valence-corrected chi connectivity index (χ1v) is 8.72. The lowest BCUT2D eigenvalue weighted by Crippen LogP contribution is -2.34. The van der Waals surface area contributed by atoms with Crippen LogP contribution < -0.4 is 0 Å². The molecule has 0 aromatic rings. The predicted octanol–water partition coefficient (Wildman–Crippen LogP) is 4.44. The molecule has 4 unspecified atom stereocenters. The molecule has 0 saturated carbocycles. The zero-order valence-corrected chi connectivity index (χ0v) is 15.2. The number of ether oxygens (including phenoxy) is 1. The lowest BCUT2D eigenvalue weighted by molar-refractivity contribution is -0.162. The summed E-state index contributed by atoms with van der Waals surface area (Å²) in [5, 5.41) is 9.28. The molecule has 0 aromatic carbocycles. The Labute approximate surface area is 140 Å². The fraction of sp³-hybridized carbons (Fsp3) is 0.789. The Hall–Kier alpha value is -1.32. The number of allylic oxidation sites excluding steroid dienone is 2. The van der Waals surface area contributed by atoms with Gasteiger partial charge in [-0.2, -0.15) is 0 Å². The maximum atomic E-state index is 12.4. The Kier molecular flexibility index (Phi) is 7.30. The van der Waals surface area contributed by atoms with Crippen LogP contribution in [0.15, 0.2) is 12.2 Å². The lowest BCUT2D eigenvalue weighted by Gasteiger charge is -2.29. The Morgan fingerprint density at radius 1 is 1.22 bits per heavy atom. The average Bonchev–Trinajstić information content (AvgIpc) is 2.44. The number of carboxylic acid groups (broad SMARTS) is 1. The molecule has 4 atom stereocenters. The van der Waals surface area contributed by atoms with Crippen LogP contribution in [0.1, 0.15) is 66.7 Å². The third kappa shape index (κ3) is 6.76. The molecule has 0 fully saturated rings. The summed E-state index contributed by atoms with van der Waals surface area (Å²) in [6, 6.07) is 0. The molecule has 0 aromatic heterocycles. The van der Waals surface area contributed by atoms with E-state index in [1.165, 1.54) is 0 Å². The summed E-state index contributed by atoms with van der Waals surface area (Å²) in [6.45, 7) is 10.8. The summed E-state index contributed by atoms with van der Waals surface area (Å²) in [5.41, 5.74) is 0.254. The van der Waals surface area contributed by atoms with E-state index < -0.39 is 17.8 Å². The first-order chi connectivity index (χ1) is 10.6. The SMILES string of the molecule is CCC(CC(C)CC(C)(C)C)OC(=O)C1CC=CCC1C(=O)O. The van der Waals surface area contributed by atoms with Gasteiger partial charge in [0.05, 0.1) is 11.8 Å². The van der Waals surface area contributed by atoms with Gasteiger partial charge in [0.1, 0.15) is 6.10 Å². The second-order valence-electron chi connectivity index (χ2n) is 8.07. The van der Waals surface area contributed by atoms with E-state index in [0.717, 1.165) is 19.3 Å². The van der Waals surface area contributed by atoms with Crippen molar-refractivity contribution in [1.29, 1.82) is 0 Å². The highest BCUT2D eigenvalue weighted by Crippen LogP contribution is 2.30. The third-order valence-electron chi connectivity index (χ3n) is 4.42. The maximum Gasteiger partial charge on any atom is 0.310 e. The maximum absolute atomic E-state index is 12.4. The topological polar surface area (TPSA) is 63.6 Å². The van der Waals surface area contributed by atoms with E-state index in [1.54, 1.807) is 0 Å². The lowest BCUT2D eigenvalue weighted by atomic mass is 9.82. The van der Waals surface area contributed by atoms with Gasteiger partial charge >= 0.3 is 11.9 Å². The van der Waals surface area contributed by atoms with Gasteiger partial charge in [-0.15, -0.1) is 0 Å². The van der Waals surface area contributed by atoms with Crippen molar-refractivity contribution in [2.45, 2.75) is 72.8 Å². The van der Waals surface area contributed by atoms with Gasteiger partial charge in [0.2, 0.25) is 0 Å². The summed E-state index contributed by atoms with van der Waals surface area (Å²) < 4.78 is 5.67. The summed E-state index contributed by atoms with van der Waals surface area (Å²) in [4.78, 5) is 23.7. The molecule has 4 nitrogen and oxygen atoms in total. The van der Waals surface area contributed by atoms with Crippen LogP contribution in [0.3, 0.4) is 0 Å². The van der Waals surface area contributed by atoms with E-state index in [-0.39, 0.29) is 17.5 Å². The Morgan fingerprint density at radius 2 is 1.78 bits per heavy atom. The Balaban J connectivity index is 2.62. The monoisotopic (exact) mass is 324 g/mol. The van der Waals surface area contributed by atoms with Gasteiger partial charge in [0.15, 0.2) is 0 Å². The molecule has 0 aliphatic heterocycles. The molecule has 23 heavy (non-hydrogen) atoms. The predicted molar refractivity (Wildman–Crippen MR) is 91.0 cm³/mol. The summed E-state index contributed by atoms with van der Waals surface area (Å²) in [5.74, 6) is -2.00. The van der Waals surface area contributed by atoms with Crippen molar-refractivity contribution in [3.05, 3.63) is 12.2 Å². The number of hydrogen-bond donors (Lipinski definition) is 1. The van der Waals surface area contributed by atoms with Crippen molar-refractivity contribution in [2.75, 3.05) is 0 Å². The van der Waals surface area contributed by atoms with Crippen LogP contribution in [0.4, 0.5) is 0 Å². The molecule has 0 heterocycles. The number of rotatable bonds is 7. The fourth-order valence-electron chi connectivity index (χ4n) is 3.47. The van der Waals surface area contributed by atoms with Crippen LogP contribution in [0.25, 0.3) is 0 Å². The zero-order valence-electron chi connectivity index (χ0n) is 15.2. The number of carbonyl (C=O) groups is 2. The van der Waals surface area contributed by atoms with Crippen LogP contribution in [-0.4, -0.2) is 23.1 Å². The van der Waals surface area contributed by atoms with Gasteiger partial charge in [-0.25, -0.2) is 0 Å². The third-order valence-corrected chi connectivity index (χ3v) is 4.42. The molecule has 4 heteroatoms.